The van der Waals surface area contributed by atoms with E-state index in [0.29, 0.717) is 5.00 Å². The largest absolute Gasteiger partial charge is 0.416 e. The van der Waals surface area contributed by atoms with Crippen LogP contribution in [-0.2, 0) is 6.18 Å². The van der Waals surface area contributed by atoms with Gasteiger partial charge in [-0.05, 0) is 29.7 Å². The average molecular weight is 284 g/mol. The normalized spacial score (nSPS) is 11.1. The number of nitrogen functional groups attached to an aromatic ring is 1. The van der Waals surface area contributed by atoms with Crippen molar-refractivity contribution in [3.05, 3.63) is 35.4 Å². The number of benzene rings is 1. The molecule has 0 unspecified atom stereocenters. The Balaban J connectivity index is 2.32. The number of rotatable bonds is 2. The molecule has 3 N–H and O–H groups in total. The minimum atomic E-state index is -4.41. The van der Waals surface area contributed by atoms with Crippen LogP contribution < -0.4 is 11.1 Å². The number of nitrogens with one attached hydrogen (secondary N) is 1. The van der Waals surface area contributed by atoms with Gasteiger partial charge in [-0.2, -0.15) is 22.8 Å². The van der Waals surface area contributed by atoms with Crippen LogP contribution >= 0.6 is 11.5 Å². The lowest BCUT2D eigenvalue weighted by Crippen LogP contribution is -2.05. The van der Waals surface area contributed by atoms with Gasteiger partial charge in [0.2, 0.25) is 0 Å². The van der Waals surface area contributed by atoms with Gasteiger partial charge in [0.05, 0.1) is 5.56 Å². The van der Waals surface area contributed by atoms with Gasteiger partial charge in [-0.3, -0.25) is 0 Å². The Kier molecular flexibility index (Phi) is 3.31. The number of halogens is 3. The van der Waals surface area contributed by atoms with Gasteiger partial charge in [0.15, 0.2) is 5.82 Å². The molecule has 4 nitrogen and oxygen atoms in total. The van der Waals surface area contributed by atoms with Crippen LogP contribution in [0.1, 0.15) is 11.1 Å². The summed E-state index contributed by atoms with van der Waals surface area (Å²) in [6.07, 6.45) is -4.41. The van der Waals surface area contributed by atoms with E-state index < -0.39 is 11.7 Å². The standard InChI is InChI=1S/C11H7F3N4S/c12-11(13,14)6-2-1-3-7(4-6)17-10-8(5-15)9(16)18-19-10/h1-4,17H,(H2,16,18). The fraction of sp³-hybridized carbons (Fsp3) is 0.0909. The van der Waals surface area contributed by atoms with Crippen molar-refractivity contribution >= 4 is 28.0 Å². The molecule has 0 bridgehead atoms. The molecule has 0 amide bonds. The van der Waals surface area contributed by atoms with Gasteiger partial charge in [0, 0.05) is 5.69 Å². The summed E-state index contributed by atoms with van der Waals surface area (Å²) in [6, 6.07) is 6.52. The third-order valence-corrected chi connectivity index (χ3v) is 3.05. The van der Waals surface area contributed by atoms with Crippen LogP contribution in [0.2, 0.25) is 0 Å². The highest BCUT2D eigenvalue weighted by molar-refractivity contribution is 7.10. The number of hydrogen-bond donors (Lipinski definition) is 2. The molecule has 0 saturated heterocycles. The summed E-state index contributed by atoms with van der Waals surface area (Å²) in [5.41, 5.74) is 5.04. The Labute approximate surface area is 110 Å². The maximum atomic E-state index is 12.5. The molecule has 2 rings (SSSR count). The number of aromatic nitrogens is 1. The molecule has 8 heteroatoms. The Morgan fingerprint density at radius 1 is 1.37 bits per heavy atom. The maximum absolute atomic E-state index is 12.5. The molecule has 1 heterocycles. The minimum Gasteiger partial charge on any atom is -0.382 e. The van der Waals surface area contributed by atoms with Crippen LogP contribution in [0.5, 0.6) is 0 Å². The van der Waals surface area contributed by atoms with Crippen LogP contribution in [-0.4, -0.2) is 4.37 Å². The van der Waals surface area contributed by atoms with Crippen LogP contribution in [0.4, 0.5) is 29.7 Å². The molecule has 0 radical (unpaired) electrons. The molecule has 19 heavy (non-hydrogen) atoms. The summed E-state index contributed by atoms with van der Waals surface area (Å²) in [5, 5.41) is 11.9. The molecule has 0 saturated carbocycles. The second kappa shape index (κ2) is 4.78. The van der Waals surface area contributed by atoms with Crippen molar-refractivity contribution in [1.82, 2.24) is 4.37 Å². The first-order chi connectivity index (χ1) is 8.91. The van der Waals surface area contributed by atoms with E-state index in [1.807, 2.05) is 6.07 Å². The van der Waals surface area contributed by atoms with E-state index in [1.165, 1.54) is 12.1 Å². The molecular formula is C11H7F3N4S. The van der Waals surface area contributed by atoms with Crippen LogP contribution in [0.15, 0.2) is 24.3 Å². The first-order valence-electron chi connectivity index (χ1n) is 5.01. The third kappa shape index (κ3) is 2.77. The molecule has 0 fully saturated rings. The molecule has 0 aliphatic carbocycles. The van der Waals surface area contributed by atoms with Gasteiger partial charge < -0.3 is 11.1 Å². The number of nitrogens with zero attached hydrogens (tertiary/aromatic N) is 2. The Bertz CT molecular complexity index is 642. The van der Waals surface area contributed by atoms with Crippen molar-refractivity contribution < 1.29 is 13.2 Å². The summed E-state index contributed by atoms with van der Waals surface area (Å²) < 4.78 is 41.4. The van der Waals surface area contributed by atoms with Crippen LogP contribution in [0, 0.1) is 11.3 Å². The monoisotopic (exact) mass is 284 g/mol. The predicted molar refractivity (Wildman–Crippen MR) is 66.0 cm³/mol. The zero-order valence-corrected chi connectivity index (χ0v) is 10.1. The summed E-state index contributed by atoms with van der Waals surface area (Å²) in [5.74, 6) is 0.0574. The topological polar surface area (TPSA) is 74.7 Å². The fourth-order valence-electron chi connectivity index (χ4n) is 1.40. The van der Waals surface area contributed by atoms with E-state index in [-0.39, 0.29) is 17.1 Å². The van der Waals surface area contributed by atoms with Crippen molar-refractivity contribution in [2.45, 2.75) is 6.18 Å². The van der Waals surface area contributed by atoms with Crippen LogP contribution in [0.25, 0.3) is 0 Å². The summed E-state index contributed by atoms with van der Waals surface area (Å²) in [4.78, 5) is 0. The van der Waals surface area contributed by atoms with Gasteiger partial charge in [-0.25, -0.2) is 0 Å². The van der Waals surface area contributed by atoms with E-state index in [1.54, 1.807) is 0 Å². The van der Waals surface area contributed by atoms with Gasteiger partial charge in [0.1, 0.15) is 16.6 Å². The Morgan fingerprint density at radius 3 is 2.74 bits per heavy atom. The van der Waals surface area contributed by atoms with E-state index >= 15 is 0 Å². The van der Waals surface area contributed by atoms with Crippen LogP contribution in [0.3, 0.4) is 0 Å². The van der Waals surface area contributed by atoms with E-state index in [4.69, 9.17) is 11.0 Å². The number of alkyl halides is 3. The highest BCUT2D eigenvalue weighted by atomic mass is 32.1. The summed E-state index contributed by atoms with van der Waals surface area (Å²) in [6.45, 7) is 0. The Hall–Kier alpha value is -2.27. The first kappa shape index (κ1) is 13.2. The average Bonchev–Trinajstić information content (AvgIpc) is 2.69. The molecule has 1 aromatic carbocycles. The second-order valence-electron chi connectivity index (χ2n) is 3.59. The van der Waals surface area contributed by atoms with E-state index in [9.17, 15) is 13.2 Å². The quantitative estimate of drug-likeness (QED) is 0.886. The minimum absolute atomic E-state index is 0.0574. The van der Waals surface area contributed by atoms with Crippen molar-refractivity contribution in [1.29, 1.82) is 5.26 Å². The van der Waals surface area contributed by atoms with E-state index in [2.05, 4.69) is 9.69 Å². The lowest BCUT2D eigenvalue weighted by Gasteiger charge is -2.09. The molecular weight excluding hydrogens is 277 g/mol. The highest BCUT2D eigenvalue weighted by Crippen LogP contribution is 2.33. The molecule has 0 aliphatic heterocycles. The number of nitriles is 1. The fourth-order valence-corrected chi connectivity index (χ4v) is 2.09. The number of hydrogen-bond acceptors (Lipinski definition) is 5. The van der Waals surface area contributed by atoms with Crippen molar-refractivity contribution in [3.63, 3.8) is 0 Å². The smallest absolute Gasteiger partial charge is 0.382 e. The lowest BCUT2D eigenvalue weighted by atomic mass is 10.2. The van der Waals surface area contributed by atoms with Crippen molar-refractivity contribution in [2.75, 3.05) is 11.1 Å². The molecule has 0 aliphatic rings. The van der Waals surface area contributed by atoms with Crippen molar-refractivity contribution in [2.24, 2.45) is 0 Å². The van der Waals surface area contributed by atoms with Crippen molar-refractivity contribution in [3.8, 4) is 6.07 Å². The van der Waals surface area contributed by atoms with Gasteiger partial charge in [-0.1, -0.05) is 6.07 Å². The first-order valence-corrected chi connectivity index (χ1v) is 5.78. The third-order valence-electron chi connectivity index (χ3n) is 2.28. The second-order valence-corrected chi connectivity index (χ2v) is 4.36. The predicted octanol–water partition coefficient (Wildman–Crippen LogP) is 3.36. The summed E-state index contributed by atoms with van der Waals surface area (Å²) >= 11 is 0.919. The van der Waals surface area contributed by atoms with Gasteiger partial charge in [0.25, 0.3) is 0 Å². The Morgan fingerprint density at radius 2 is 2.11 bits per heavy atom. The zero-order chi connectivity index (χ0) is 14.0. The zero-order valence-electron chi connectivity index (χ0n) is 9.32. The molecule has 98 valence electrons. The number of anilines is 3. The van der Waals surface area contributed by atoms with Gasteiger partial charge in [-0.15, -0.1) is 0 Å². The van der Waals surface area contributed by atoms with Gasteiger partial charge >= 0.3 is 6.18 Å². The summed E-state index contributed by atoms with van der Waals surface area (Å²) in [7, 11) is 0. The molecule has 2 aromatic rings. The highest BCUT2D eigenvalue weighted by Gasteiger charge is 2.30. The molecule has 0 spiro atoms. The molecule has 0 atom stereocenters. The lowest BCUT2D eigenvalue weighted by molar-refractivity contribution is -0.137. The maximum Gasteiger partial charge on any atom is 0.416 e. The number of nitrogens with two attached hydrogens (primary N) is 1. The SMILES string of the molecule is N#Cc1c(N)nsc1Nc1cccc(C(F)(F)F)c1. The van der Waals surface area contributed by atoms with E-state index in [0.717, 1.165) is 23.7 Å². The molecule has 1 aromatic heterocycles.